The number of nitrogens with zero attached hydrogens (tertiary/aromatic N) is 4. The van der Waals surface area contributed by atoms with Crippen LogP contribution in [0.25, 0.3) is 0 Å². The van der Waals surface area contributed by atoms with Crippen molar-refractivity contribution in [3.8, 4) is 0 Å². The number of piperidine rings is 1. The highest BCUT2D eigenvalue weighted by Crippen LogP contribution is 2.19. The Labute approximate surface area is 109 Å². The number of hydrogen-bond acceptors (Lipinski definition) is 5. The second-order valence-corrected chi connectivity index (χ2v) is 4.86. The van der Waals surface area contributed by atoms with Gasteiger partial charge in [0.25, 0.3) is 0 Å². The second kappa shape index (κ2) is 6.00. The highest BCUT2D eigenvalue weighted by atomic mass is 15.2. The molecule has 1 aromatic rings. The summed E-state index contributed by atoms with van der Waals surface area (Å²) in [4.78, 5) is 13.1. The monoisotopic (exact) mass is 249 g/mol. The van der Waals surface area contributed by atoms with Crippen LogP contribution < -0.4 is 15.1 Å². The lowest BCUT2D eigenvalue weighted by Crippen LogP contribution is -2.44. The van der Waals surface area contributed by atoms with E-state index in [1.54, 1.807) is 6.33 Å². The van der Waals surface area contributed by atoms with Crippen LogP contribution in [0, 0.1) is 0 Å². The van der Waals surface area contributed by atoms with E-state index in [2.05, 4.69) is 45.1 Å². The molecule has 1 saturated heterocycles. The maximum absolute atomic E-state index is 4.39. The van der Waals surface area contributed by atoms with E-state index in [-0.39, 0.29) is 0 Å². The van der Waals surface area contributed by atoms with Gasteiger partial charge in [0.05, 0.1) is 0 Å². The van der Waals surface area contributed by atoms with E-state index in [0.29, 0.717) is 6.04 Å². The van der Waals surface area contributed by atoms with Crippen LogP contribution in [-0.2, 0) is 0 Å². The minimum atomic E-state index is 0.536. The van der Waals surface area contributed by atoms with Gasteiger partial charge in [-0.05, 0) is 26.3 Å². The SMILES string of the molecule is CCN(C)c1cc(N(C)C2CCCNC2)ncn1. The zero-order valence-corrected chi connectivity index (χ0v) is 11.6. The molecule has 0 aliphatic carbocycles. The number of likely N-dealkylation sites (N-methyl/N-ethyl adjacent to an activating group) is 1. The quantitative estimate of drug-likeness (QED) is 0.866. The van der Waals surface area contributed by atoms with Crippen molar-refractivity contribution in [3.63, 3.8) is 0 Å². The van der Waals surface area contributed by atoms with Gasteiger partial charge in [0, 0.05) is 39.3 Å². The molecule has 1 fully saturated rings. The fourth-order valence-electron chi connectivity index (χ4n) is 2.25. The summed E-state index contributed by atoms with van der Waals surface area (Å²) >= 11 is 0. The predicted molar refractivity (Wildman–Crippen MR) is 75.3 cm³/mol. The lowest BCUT2D eigenvalue weighted by molar-refractivity contribution is 0.443. The fraction of sp³-hybridized carbons (Fsp3) is 0.692. The average molecular weight is 249 g/mol. The summed E-state index contributed by atoms with van der Waals surface area (Å²) in [7, 11) is 4.17. The number of anilines is 2. The molecule has 1 aromatic heterocycles. The molecule has 18 heavy (non-hydrogen) atoms. The topological polar surface area (TPSA) is 44.3 Å². The molecule has 1 unspecified atom stereocenters. The fourth-order valence-corrected chi connectivity index (χ4v) is 2.25. The Kier molecular flexibility index (Phi) is 4.36. The molecule has 2 heterocycles. The van der Waals surface area contributed by atoms with Crippen LogP contribution >= 0.6 is 0 Å². The first-order valence-electron chi connectivity index (χ1n) is 6.69. The molecule has 1 aliphatic heterocycles. The van der Waals surface area contributed by atoms with Gasteiger partial charge in [-0.3, -0.25) is 0 Å². The van der Waals surface area contributed by atoms with Crippen molar-refractivity contribution >= 4 is 11.6 Å². The minimum absolute atomic E-state index is 0.536. The van der Waals surface area contributed by atoms with Crippen LogP contribution in [-0.4, -0.2) is 49.7 Å². The van der Waals surface area contributed by atoms with Gasteiger partial charge in [-0.25, -0.2) is 9.97 Å². The molecule has 2 rings (SSSR count). The third-order valence-electron chi connectivity index (χ3n) is 3.68. The van der Waals surface area contributed by atoms with Crippen LogP contribution in [0.5, 0.6) is 0 Å². The van der Waals surface area contributed by atoms with Gasteiger partial charge in [-0.1, -0.05) is 0 Å². The number of hydrogen-bond donors (Lipinski definition) is 1. The molecular formula is C13H23N5. The molecule has 5 heteroatoms. The van der Waals surface area contributed by atoms with Crippen molar-refractivity contribution in [1.82, 2.24) is 15.3 Å². The van der Waals surface area contributed by atoms with Crippen LogP contribution in [0.2, 0.25) is 0 Å². The largest absolute Gasteiger partial charge is 0.360 e. The highest BCUT2D eigenvalue weighted by Gasteiger charge is 2.19. The Hall–Kier alpha value is -1.36. The summed E-state index contributed by atoms with van der Waals surface area (Å²) < 4.78 is 0. The smallest absolute Gasteiger partial charge is 0.134 e. The van der Waals surface area contributed by atoms with Crippen molar-refractivity contribution in [1.29, 1.82) is 0 Å². The average Bonchev–Trinajstić information content (AvgIpc) is 2.46. The van der Waals surface area contributed by atoms with E-state index in [1.165, 1.54) is 12.8 Å². The third-order valence-corrected chi connectivity index (χ3v) is 3.68. The van der Waals surface area contributed by atoms with Crippen LogP contribution in [0.3, 0.4) is 0 Å². The second-order valence-electron chi connectivity index (χ2n) is 4.86. The van der Waals surface area contributed by atoms with Crippen LogP contribution in [0.4, 0.5) is 11.6 Å². The van der Waals surface area contributed by atoms with Gasteiger partial charge in [-0.2, -0.15) is 0 Å². The van der Waals surface area contributed by atoms with Crippen molar-refractivity contribution in [3.05, 3.63) is 12.4 Å². The van der Waals surface area contributed by atoms with E-state index < -0.39 is 0 Å². The molecule has 0 aromatic carbocycles. The first kappa shape index (κ1) is 13.1. The van der Waals surface area contributed by atoms with Crippen molar-refractivity contribution < 1.29 is 0 Å². The van der Waals surface area contributed by atoms with Gasteiger partial charge in [0.1, 0.15) is 18.0 Å². The van der Waals surface area contributed by atoms with E-state index in [0.717, 1.165) is 31.3 Å². The van der Waals surface area contributed by atoms with Gasteiger partial charge in [-0.15, -0.1) is 0 Å². The van der Waals surface area contributed by atoms with Crippen LogP contribution in [0.1, 0.15) is 19.8 Å². The Balaban J connectivity index is 2.11. The van der Waals surface area contributed by atoms with Crippen molar-refractivity contribution in [2.75, 3.05) is 43.5 Å². The first-order valence-corrected chi connectivity index (χ1v) is 6.69. The molecule has 1 N–H and O–H groups in total. The maximum Gasteiger partial charge on any atom is 0.134 e. The predicted octanol–water partition coefficient (Wildman–Crippen LogP) is 1.12. The molecule has 100 valence electrons. The Morgan fingerprint density at radius 3 is 2.78 bits per heavy atom. The van der Waals surface area contributed by atoms with E-state index >= 15 is 0 Å². The molecule has 0 bridgehead atoms. The summed E-state index contributed by atoms with van der Waals surface area (Å²) in [6.45, 7) is 5.25. The molecule has 5 nitrogen and oxygen atoms in total. The van der Waals surface area contributed by atoms with Gasteiger partial charge in [0.15, 0.2) is 0 Å². The molecule has 1 atom stereocenters. The minimum Gasteiger partial charge on any atom is -0.360 e. The molecule has 0 radical (unpaired) electrons. The lowest BCUT2D eigenvalue weighted by atomic mass is 10.1. The summed E-state index contributed by atoms with van der Waals surface area (Å²) in [6, 6.07) is 2.60. The zero-order chi connectivity index (χ0) is 13.0. The first-order chi connectivity index (χ1) is 8.72. The Morgan fingerprint density at radius 1 is 1.33 bits per heavy atom. The number of nitrogens with one attached hydrogen (secondary N) is 1. The summed E-state index contributed by atoms with van der Waals surface area (Å²) in [5.74, 6) is 1.99. The van der Waals surface area contributed by atoms with Crippen molar-refractivity contribution in [2.45, 2.75) is 25.8 Å². The lowest BCUT2D eigenvalue weighted by Gasteiger charge is -2.32. The Morgan fingerprint density at radius 2 is 2.11 bits per heavy atom. The van der Waals surface area contributed by atoms with E-state index in [9.17, 15) is 0 Å². The highest BCUT2D eigenvalue weighted by molar-refractivity contribution is 5.49. The molecule has 1 aliphatic rings. The maximum atomic E-state index is 4.39. The summed E-state index contributed by atoms with van der Waals surface area (Å²) in [5, 5.41) is 3.44. The zero-order valence-electron chi connectivity index (χ0n) is 11.6. The van der Waals surface area contributed by atoms with Gasteiger partial charge in [0.2, 0.25) is 0 Å². The molecule has 0 spiro atoms. The van der Waals surface area contributed by atoms with E-state index in [1.807, 2.05) is 7.05 Å². The van der Waals surface area contributed by atoms with Crippen molar-refractivity contribution in [2.24, 2.45) is 0 Å². The molecule has 0 amide bonds. The third kappa shape index (κ3) is 2.90. The van der Waals surface area contributed by atoms with Gasteiger partial charge < -0.3 is 15.1 Å². The summed E-state index contributed by atoms with van der Waals surface area (Å²) in [5.41, 5.74) is 0. The van der Waals surface area contributed by atoms with E-state index in [4.69, 9.17) is 0 Å². The molecule has 0 saturated carbocycles. The molecular weight excluding hydrogens is 226 g/mol. The number of aromatic nitrogens is 2. The summed E-state index contributed by atoms with van der Waals surface area (Å²) in [6.07, 6.45) is 4.12. The normalized spacial score (nSPS) is 19.6. The van der Waals surface area contributed by atoms with Crippen LogP contribution in [0.15, 0.2) is 12.4 Å². The Bertz CT molecular complexity index is 375. The number of rotatable bonds is 4. The van der Waals surface area contributed by atoms with Gasteiger partial charge >= 0.3 is 0 Å². The standard InChI is InChI=1S/C13H23N5/c1-4-17(2)12-8-13(16-10-15-12)18(3)11-6-5-7-14-9-11/h8,10-11,14H,4-7,9H2,1-3H3.